The number of anilines is 1. The molecule has 0 atom stereocenters. The highest BCUT2D eigenvalue weighted by atomic mass is 15.3. The Morgan fingerprint density at radius 2 is 1.68 bits per heavy atom. The van der Waals surface area contributed by atoms with E-state index in [2.05, 4.69) is 57.1 Å². The predicted molar refractivity (Wildman–Crippen MR) is 136 cm³/mol. The maximum Gasteiger partial charge on any atom is 0.164 e. The molecule has 3 aromatic heterocycles. The van der Waals surface area contributed by atoms with Crippen molar-refractivity contribution in [3.05, 3.63) is 67.0 Å². The molecule has 5 aromatic rings. The molecular weight excluding hydrogens is 422 g/mol. The van der Waals surface area contributed by atoms with E-state index in [1.165, 1.54) is 6.33 Å². The number of nitrogen functional groups attached to an aromatic ring is 1. The van der Waals surface area contributed by atoms with Crippen molar-refractivity contribution in [3.63, 3.8) is 0 Å². The van der Waals surface area contributed by atoms with Gasteiger partial charge in [-0.1, -0.05) is 48.5 Å². The maximum absolute atomic E-state index is 6.36. The van der Waals surface area contributed by atoms with E-state index in [4.69, 9.17) is 21.5 Å². The summed E-state index contributed by atoms with van der Waals surface area (Å²) in [4.78, 5) is 13.8. The van der Waals surface area contributed by atoms with Crippen LogP contribution in [0.5, 0.6) is 0 Å². The molecule has 3 heterocycles. The maximum atomic E-state index is 6.36. The van der Waals surface area contributed by atoms with E-state index in [1.54, 1.807) is 0 Å². The minimum Gasteiger partial charge on any atom is -0.383 e. The second kappa shape index (κ2) is 8.50. The summed E-state index contributed by atoms with van der Waals surface area (Å²) in [6.45, 7) is 0.752. The molecule has 0 aliphatic heterocycles. The van der Waals surface area contributed by atoms with Crippen LogP contribution in [0.3, 0.4) is 0 Å². The molecule has 1 saturated carbocycles. The van der Waals surface area contributed by atoms with Crippen LogP contribution in [-0.2, 0) is 0 Å². The first-order valence-corrected chi connectivity index (χ1v) is 11.9. The molecule has 0 saturated heterocycles. The molecule has 170 valence electrons. The van der Waals surface area contributed by atoms with Crippen molar-refractivity contribution in [2.45, 2.75) is 31.7 Å². The number of hydrogen-bond donors (Lipinski definition) is 2. The van der Waals surface area contributed by atoms with Crippen LogP contribution in [0.1, 0.15) is 31.7 Å². The third-order valence-electron chi connectivity index (χ3n) is 7.05. The number of aromatic nitrogens is 5. The van der Waals surface area contributed by atoms with Crippen molar-refractivity contribution in [1.82, 2.24) is 24.7 Å². The fraction of sp³-hybridized carbons (Fsp3) is 0.259. The van der Waals surface area contributed by atoms with E-state index in [-0.39, 0.29) is 6.04 Å². The van der Waals surface area contributed by atoms with Crippen LogP contribution >= 0.6 is 0 Å². The summed E-state index contributed by atoms with van der Waals surface area (Å²) < 4.78 is 2.06. The average molecular weight is 450 g/mol. The van der Waals surface area contributed by atoms with Crippen molar-refractivity contribution in [2.24, 2.45) is 11.7 Å². The second-order valence-electron chi connectivity index (χ2n) is 9.13. The van der Waals surface area contributed by atoms with E-state index >= 15 is 0 Å². The minimum absolute atomic E-state index is 0.289. The highest BCUT2D eigenvalue weighted by Crippen LogP contribution is 2.37. The topological polar surface area (TPSA) is 109 Å². The molecule has 6 rings (SSSR count). The van der Waals surface area contributed by atoms with E-state index in [1.807, 2.05) is 18.2 Å². The number of nitrogens with zero attached hydrogens (tertiary/aromatic N) is 5. The Morgan fingerprint density at radius 1 is 0.882 bits per heavy atom. The third-order valence-corrected chi connectivity index (χ3v) is 7.05. The predicted octanol–water partition coefficient (Wildman–Crippen LogP) is 4.98. The molecule has 0 radical (unpaired) electrons. The van der Waals surface area contributed by atoms with Crippen molar-refractivity contribution < 1.29 is 0 Å². The zero-order chi connectivity index (χ0) is 23.1. The van der Waals surface area contributed by atoms with Crippen LogP contribution in [-0.4, -0.2) is 31.3 Å². The summed E-state index contributed by atoms with van der Waals surface area (Å²) in [6, 6.07) is 20.9. The van der Waals surface area contributed by atoms with E-state index in [0.29, 0.717) is 11.7 Å². The Labute approximate surface area is 197 Å². The van der Waals surface area contributed by atoms with Crippen LogP contribution < -0.4 is 11.5 Å². The van der Waals surface area contributed by atoms with Gasteiger partial charge >= 0.3 is 0 Å². The fourth-order valence-electron chi connectivity index (χ4n) is 5.11. The Morgan fingerprint density at radius 3 is 2.47 bits per heavy atom. The van der Waals surface area contributed by atoms with E-state index < -0.39 is 0 Å². The molecule has 0 amide bonds. The van der Waals surface area contributed by atoms with E-state index in [9.17, 15) is 0 Å². The Hall–Kier alpha value is -3.84. The van der Waals surface area contributed by atoms with Gasteiger partial charge < -0.3 is 11.5 Å². The SMILES string of the molecule is NCC1CCC(n2nc(-c3ccc4ccc(-c5ccccc5)nc4c3)c3c(N)ncnc32)CC1. The lowest BCUT2D eigenvalue weighted by atomic mass is 9.86. The van der Waals surface area contributed by atoms with Crippen LogP contribution in [0.15, 0.2) is 67.0 Å². The number of rotatable bonds is 4. The van der Waals surface area contributed by atoms with Gasteiger partial charge in [0.25, 0.3) is 0 Å². The molecule has 0 bridgehead atoms. The van der Waals surface area contributed by atoms with Gasteiger partial charge in [-0.25, -0.2) is 19.6 Å². The van der Waals surface area contributed by atoms with Gasteiger partial charge in [-0.2, -0.15) is 5.10 Å². The number of nitrogens with two attached hydrogens (primary N) is 2. The summed E-state index contributed by atoms with van der Waals surface area (Å²) in [5.74, 6) is 1.05. The monoisotopic (exact) mass is 449 g/mol. The average Bonchev–Trinajstić information content (AvgIpc) is 3.30. The summed E-state index contributed by atoms with van der Waals surface area (Å²) in [7, 11) is 0. The molecule has 34 heavy (non-hydrogen) atoms. The van der Waals surface area contributed by atoms with Gasteiger partial charge in [0.2, 0.25) is 0 Å². The number of pyridine rings is 1. The number of hydrogen-bond acceptors (Lipinski definition) is 6. The Kier molecular flexibility index (Phi) is 5.19. The highest BCUT2D eigenvalue weighted by Gasteiger charge is 2.26. The second-order valence-corrected chi connectivity index (χ2v) is 9.13. The van der Waals surface area contributed by atoms with Gasteiger partial charge in [-0.05, 0) is 50.3 Å². The summed E-state index contributed by atoms with van der Waals surface area (Å²) >= 11 is 0. The standard InChI is InChI=1S/C27H27N7/c28-15-17-6-11-21(12-7-17)34-27-24(26(29)30-16-31-27)25(33-34)20-9-8-19-10-13-22(32-23(19)14-20)18-4-2-1-3-5-18/h1-5,8-10,13-14,16-17,21H,6-7,11-12,15,28H2,(H2,29,30,31). The lowest BCUT2D eigenvalue weighted by Gasteiger charge is -2.27. The largest absolute Gasteiger partial charge is 0.383 e. The molecule has 0 unspecified atom stereocenters. The van der Waals surface area contributed by atoms with Gasteiger partial charge in [0.05, 0.1) is 22.6 Å². The highest BCUT2D eigenvalue weighted by molar-refractivity contribution is 6.00. The van der Waals surface area contributed by atoms with Gasteiger partial charge in [0.15, 0.2) is 5.65 Å². The van der Waals surface area contributed by atoms with Crippen molar-refractivity contribution >= 4 is 27.8 Å². The fourth-order valence-corrected chi connectivity index (χ4v) is 5.11. The number of fused-ring (bicyclic) bond motifs is 2. The zero-order valence-electron chi connectivity index (χ0n) is 18.9. The van der Waals surface area contributed by atoms with Crippen molar-refractivity contribution in [3.8, 4) is 22.5 Å². The van der Waals surface area contributed by atoms with Crippen LogP contribution in [0.4, 0.5) is 5.82 Å². The van der Waals surface area contributed by atoms with Crippen LogP contribution in [0.2, 0.25) is 0 Å². The lowest BCUT2D eigenvalue weighted by molar-refractivity contribution is 0.269. The zero-order valence-corrected chi connectivity index (χ0v) is 18.9. The first-order chi connectivity index (χ1) is 16.7. The molecule has 7 heteroatoms. The third kappa shape index (κ3) is 3.58. The summed E-state index contributed by atoms with van der Waals surface area (Å²) in [6.07, 6.45) is 5.84. The molecule has 2 aromatic carbocycles. The first-order valence-electron chi connectivity index (χ1n) is 11.9. The number of benzene rings is 2. The lowest BCUT2D eigenvalue weighted by Crippen LogP contribution is -2.24. The molecule has 7 nitrogen and oxygen atoms in total. The summed E-state index contributed by atoms with van der Waals surface area (Å²) in [5, 5.41) is 6.94. The van der Waals surface area contributed by atoms with E-state index in [0.717, 1.165) is 76.7 Å². The van der Waals surface area contributed by atoms with Crippen LogP contribution in [0, 0.1) is 5.92 Å². The van der Waals surface area contributed by atoms with Crippen LogP contribution in [0.25, 0.3) is 44.5 Å². The van der Waals surface area contributed by atoms with Crippen molar-refractivity contribution in [1.29, 1.82) is 0 Å². The quantitative estimate of drug-likeness (QED) is 0.400. The van der Waals surface area contributed by atoms with Gasteiger partial charge in [-0.15, -0.1) is 0 Å². The van der Waals surface area contributed by atoms with Gasteiger partial charge in [0, 0.05) is 16.5 Å². The summed E-state index contributed by atoms with van der Waals surface area (Å²) in [5.41, 5.74) is 17.8. The molecule has 4 N–H and O–H groups in total. The normalized spacial score (nSPS) is 18.5. The van der Waals surface area contributed by atoms with Gasteiger partial charge in [-0.3, -0.25) is 0 Å². The first kappa shape index (κ1) is 20.7. The molecule has 1 aliphatic rings. The van der Waals surface area contributed by atoms with Crippen molar-refractivity contribution in [2.75, 3.05) is 12.3 Å². The Balaban J connectivity index is 1.46. The van der Waals surface area contributed by atoms with Gasteiger partial charge in [0.1, 0.15) is 17.8 Å². The Bertz CT molecular complexity index is 1470. The molecular formula is C27H27N7. The smallest absolute Gasteiger partial charge is 0.164 e. The minimum atomic E-state index is 0.289. The molecule has 1 aliphatic carbocycles. The molecule has 0 spiro atoms. The molecule has 1 fully saturated rings.